The zero-order chi connectivity index (χ0) is 19.7. The SMILES string of the molecule is C[C@@H](NS(=O)(=O)c1ccc(C(F)(F)F)cc1)c1ccc(-n2cncn2)cc1. The summed E-state index contributed by atoms with van der Waals surface area (Å²) < 4.78 is 66.7. The van der Waals surface area contributed by atoms with Crippen LogP contribution < -0.4 is 4.72 Å². The Morgan fingerprint density at radius 3 is 2.19 bits per heavy atom. The van der Waals surface area contributed by atoms with Gasteiger partial charge in [-0.05, 0) is 48.9 Å². The summed E-state index contributed by atoms with van der Waals surface area (Å²) in [4.78, 5) is 3.61. The molecule has 1 heterocycles. The molecule has 0 saturated carbocycles. The predicted molar refractivity (Wildman–Crippen MR) is 91.5 cm³/mol. The molecule has 0 bridgehead atoms. The summed E-state index contributed by atoms with van der Waals surface area (Å²) in [5, 5.41) is 4.00. The van der Waals surface area contributed by atoms with Gasteiger partial charge in [0.2, 0.25) is 10.0 Å². The van der Waals surface area contributed by atoms with Crippen LogP contribution in [-0.4, -0.2) is 23.2 Å². The number of sulfonamides is 1. The van der Waals surface area contributed by atoms with Gasteiger partial charge in [0.05, 0.1) is 16.1 Å². The number of nitrogens with one attached hydrogen (secondary N) is 1. The van der Waals surface area contributed by atoms with Crippen LogP contribution in [-0.2, 0) is 16.2 Å². The summed E-state index contributed by atoms with van der Waals surface area (Å²) in [5.74, 6) is 0. The highest BCUT2D eigenvalue weighted by Crippen LogP contribution is 2.30. The summed E-state index contributed by atoms with van der Waals surface area (Å²) in [6, 6.07) is 9.76. The number of hydrogen-bond acceptors (Lipinski definition) is 4. The van der Waals surface area contributed by atoms with Crippen LogP contribution in [0, 0.1) is 0 Å². The van der Waals surface area contributed by atoms with Crippen molar-refractivity contribution in [1.82, 2.24) is 19.5 Å². The van der Waals surface area contributed by atoms with Crippen molar-refractivity contribution in [2.45, 2.75) is 24.0 Å². The highest BCUT2D eigenvalue weighted by atomic mass is 32.2. The lowest BCUT2D eigenvalue weighted by Crippen LogP contribution is -2.27. The zero-order valence-electron chi connectivity index (χ0n) is 14.1. The molecule has 1 N–H and O–H groups in total. The molecule has 0 saturated heterocycles. The van der Waals surface area contributed by atoms with E-state index in [1.807, 2.05) is 0 Å². The molecule has 0 spiro atoms. The molecule has 0 amide bonds. The van der Waals surface area contributed by atoms with Crippen molar-refractivity contribution in [3.8, 4) is 5.69 Å². The number of nitrogens with zero attached hydrogens (tertiary/aromatic N) is 3. The van der Waals surface area contributed by atoms with E-state index in [9.17, 15) is 21.6 Å². The molecule has 3 aromatic rings. The van der Waals surface area contributed by atoms with Gasteiger partial charge >= 0.3 is 6.18 Å². The monoisotopic (exact) mass is 396 g/mol. The largest absolute Gasteiger partial charge is 0.416 e. The van der Waals surface area contributed by atoms with Gasteiger partial charge in [0.1, 0.15) is 12.7 Å². The summed E-state index contributed by atoms with van der Waals surface area (Å²) in [6.45, 7) is 1.64. The van der Waals surface area contributed by atoms with Crippen LogP contribution >= 0.6 is 0 Å². The van der Waals surface area contributed by atoms with Crippen LogP contribution in [0.3, 0.4) is 0 Å². The molecular formula is C17H15F3N4O2S. The Hall–Kier alpha value is -2.72. The van der Waals surface area contributed by atoms with E-state index in [0.29, 0.717) is 5.56 Å². The molecule has 6 nitrogen and oxygen atoms in total. The smallest absolute Gasteiger partial charge is 0.223 e. The van der Waals surface area contributed by atoms with E-state index in [1.165, 1.54) is 12.7 Å². The van der Waals surface area contributed by atoms with E-state index in [1.54, 1.807) is 35.9 Å². The molecule has 0 aliphatic carbocycles. The summed E-state index contributed by atoms with van der Waals surface area (Å²) in [6.07, 6.45) is -1.59. The van der Waals surface area contributed by atoms with Crippen LogP contribution in [0.25, 0.3) is 5.69 Å². The van der Waals surface area contributed by atoms with E-state index in [4.69, 9.17) is 0 Å². The minimum atomic E-state index is -4.52. The molecule has 0 aliphatic rings. The minimum absolute atomic E-state index is 0.235. The van der Waals surface area contributed by atoms with Crippen molar-refractivity contribution in [2.24, 2.45) is 0 Å². The fourth-order valence-electron chi connectivity index (χ4n) is 2.45. The highest BCUT2D eigenvalue weighted by molar-refractivity contribution is 7.89. The second-order valence-corrected chi connectivity index (χ2v) is 7.51. The maximum absolute atomic E-state index is 12.6. The molecule has 0 radical (unpaired) electrons. The zero-order valence-corrected chi connectivity index (χ0v) is 14.9. The van der Waals surface area contributed by atoms with Crippen molar-refractivity contribution < 1.29 is 21.6 Å². The average molecular weight is 396 g/mol. The molecule has 3 rings (SSSR count). The van der Waals surface area contributed by atoms with E-state index in [0.717, 1.165) is 30.0 Å². The van der Waals surface area contributed by atoms with Crippen LogP contribution in [0.5, 0.6) is 0 Å². The Labute approximate surface area is 153 Å². The third-order valence-corrected chi connectivity index (χ3v) is 5.46. The molecule has 1 aromatic heterocycles. The molecule has 2 aromatic carbocycles. The fraction of sp³-hybridized carbons (Fsp3) is 0.176. The third-order valence-electron chi connectivity index (χ3n) is 3.90. The normalized spacial score (nSPS) is 13.5. The van der Waals surface area contributed by atoms with Crippen molar-refractivity contribution in [2.75, 3.05) is 0 Å². The van der Waals surface area contributed by atoms with Gasteiger partial charge in [-0.15, -0.1) is 0 Å². The van der Waals surface area contributed by atoms with Gasteiger partial charge in [-0.2, -0.15) is 18.3 Å². The second-order valence-electron chi connectivity index (χ2n) is 5.80. The third kappa shape index (κ3) is 4.34. The highest BCUT2D eigenvalue weighted by Gasteiger charge is 2.30. The maximum Gasteiger partial charge on any atom is 0.416 e. The molecular weight excluding hydrogens is 381 g/mol. The second kappa shape index (κ2) is 7.12. The predicted octanol–water partition coefficient (Wildman–Crippen LogP) is 3.33. The number of halogens is 3. The molecule has 0 fully saturated rings. The average Bonchev–Trinajstić information content (AvgIpc) is 3.15. The Bertz CT molecular complexity index is 1000. The minimum Gasteiger partial charge on any atom is -0.223 e. The number of rotatable bonds is 5. The number of benzene rings is 2. The molecule has 0 unspecified atom stereocenters. The van der Waals surface area contributed by atoms with Gasteiger partial charge in [-0.3, -0.25) is 0 Å². The number of aromatic nitrogens is 3. The van der Waals surface area contributed by atoms with Gasteiger partial charge in [-0.25, -0.2) is 22.8 Å². The van der Waals surface area contributed by atoms with Crippen molar-refractivity contribution in [3.05, 3.63) is 72.3 Å². The van der Waals surface area contributed by atoms with Crippen molar-refractivity contribution >= 4 is 10.0 Å². The van der Waals surface area contributed by atoms with Crippen LogP contribution in [0.1, 0.15) is 24.1 Å². The Kier molecular flexibility index (Phi) is 5.03. The topological polar surface area (TPSA) is 76.9 Å². The van der Waals surface area contributed by atoms with Crippen molar-refractivity contribution in [1.29, 1.82) is 0 Å². The van der Waals surface area contributed by atoms with Gasteiger partial charge in [-0.1, -0.05) is 12.1 Å². The summed E-state index contributed by atoms with van der Waals surface area (Å²) >= 11 is 0. The maximum atomic E-state index is 12.6. The number of hydrogen-bond donors (Lipinski definition) is 1. The quantitative estimate of drug-likeness (QED) is 0.718. The molecule has 27 heavy (non-hydrogen) atoms. The molecule has 1 atom stereocenters. The first-order valence-electron chi connectivity index (χ1n) is 7.81. The van der Waals surface area contributed by atoms with E-state index in [2.05, 4.69) is 14.8 Å². The number of alkyl halides is 3. The fourth-order valence-corrected chi connectivity index (χ4v) is 3.68. The van der Waals surface area contributed by atoms with E-state index in [-0.39, 0.29) is 4.90 Å². The first kappa shape index (κ1) is 19.1. The van der Waals surface area contributed by atoms with Crippen LogP contribution in [0.4, 0.5) is 13.2 Å². The molecule has 0 aliphatic heterocycles. The summed E-state index contributed by atoms with van der Waals surface area (Å²) in [7, 11) is -3.97. The summed E-state index contributed by atoms with van der Waals surface area (Å²) in [5.41, 5.74) is 0.543. The van der Waals surface area contributed by atoms with Gasteiger partial charge in [0.25, 0.3) is 0 Å². The van der Waals surface area contributed by atoms with Crippen LogP contribution in [0.2, 0.25) is 0 Å². The first-order chi connectivity index (χ1) is 12.7. The van der Waals surface area contributed by atoms with E-state index >= 15 is 0 Å². The Balaban J connectivity index is 1.75. The lowest BCUT2D eigenvalue weighted by atomic mass is 10.1. The van der Waals surface area contributed by atoms with Gasteiger partial charge in [0.15, 0.2) is 0 Å². The van der Waals surface area contributed by atoms with E-state index < -0.39 is 27.8 Å². The van der Waals surface area contributed by atoms with Gasteiger partial charge in [0, 0.05) is 6.04 Å². The lowest BCUT2D eigenvalue weighted by Gasteiger charge is -2.15. The first-order valence-corrected chi connectivity index (χ1v) is 9.30. The lowest BCUT2D eigenvalue weighted by molar-refractivity contribution is -0.137. The Morgan fingerprint density at radius 2 is 1.67 bits per heavy atom. The Morgan fingerprint density at radius 1 is 1.04 bits per heavy atom. The molecule has 142 valence electrons. The van der Waals surface area contributed by atoms with Gasteiger partial charge < -0.3 is 0 Å². The standard InChI is InChI=1S/C17H15F3N4O2S/c1-12(13-2-6-15(7-3-13)24-11-21-10-22-24)23-27(25,26)16-8-4-14(5-9-16)17(18,19)20/h2-12,23H,1H3/t12-/m1/s1. The molecule has 10 heteroatoms. The van der Waals surface area contributed by atoms with Crippen LogP contribution in [0.15, 0.2) is 66.1 Å². The van der Waals surface area contributed by atoms with Crippen molar-refractivity contribution in [3.63, 3.8) is 0 Å².